The van der Waals surface area contributed by atoms with Gasteiger partial charge in [0, 0.05) is 10.7 Å². The fourth-order valence-electron chi connectivity index (χ4n) is 1.47. The van der Waals surface area contributed by atoms with E-state index in [9.17, 15) is 4.79 Å². The highest BCUT2D eigenvalue weighted by molar-refractivity contribution is 6.31. The van der Waals surface area contributed by atoms with Gasteiger partial charge in [0.1, 0.15) is 5.69 Å². The number of fused-ring (bicyclic) bond motifs is 1. The predicted molar refractivity (Wildman–Crippen MR) is 51.5 cm³/mol. The fraction of sp³-hybridized carbons (Fsp3) is 0.222. The number of aromatic nitrogens is 1. The topological polar surface area (TPSA) is 58.9 Å². The summed E-state index contributed by atoms with van der Waals surface area (Å²) < 4.78 is 0. The Balaban J connectivity index is 2.46. The molecule has 0 saturated carbocycles. The minimum atomic E-state index is -0.432. The smallest absolute Gasteiger partial charge is 0.265 e. The van der Waals surface area contributed by atoms with Crippen molar-refractivity contribution < 1.29 is 4.79 Å². The SMILES string of the molecule is NC(=O)c1cc2c([nH]1)CCC(Cl)=C2. The molecule has 0 radical (unpaired) electrons. The molecule has 0 spiro atoms. The highest BCUT2D eigenvalue weighted by Crippen LogP contribution is 2.26. The van der Waals surface area contributed by atoms with Crippen molar-refractivity contribution >= 4 is 23.6 Å². The van der Waals surface area contributed by atoms with Crippen molar-refractivity contribution in [2.45, 2.75) is 12.8 Å². The lowest BCUT2D eigenvalue weighted by atomic mass is 10.1. The van der Waals surface area contributed by atoms with Crippen LogP contribution in [0.5, 0.6) is 0 Å². The molecule has 1 aromatic rings. The monoisotopic (exact) mass is 196 g/mol. The Labute approximate surface area is 80.6 Å². The van der Waals surface area contributed by atoms with Gasteiger partial charge in [-0.3, -0.25) is 4.79 Å². The summed E-state index contributed by atoms with van der Waals surface area (Å²) in [5, 5.41) is 0.822. The van der Waals surface area contributed by atoms with Crippen molar-refractivity contribution in [3.05, 3.63) is 28.0 Å². The average Bonchev–Trinajstić information content (AvgIpc) is 2.46. The molecule has 1 aromatic heterocycles. The molecule has 1 aliphatic carbocycles. The first-order valence-corrected chi connectivity index (χ1v) is 4.42. The molecule has 3 N–H and O–H groups in total. The molecule has 4 heteroatoms. The van der Waals surface area contributed by atoms with E-state index in [1.54, 1.807) is 6.07 Å². The van der Waals surface area contributed by atoms with Crippen LogP contribution < -0.4 is 5.73 Å². The normalized spacial score (nSPS) is 15.0. The van der Waals surface area contributed by atoms with E-state index in [0.29, 0.717) is 5.69 Å². The van der Waals surface area contributed by atoms with Crippen LogP contribution in [0.1, 0.15) is 28.2 Å². The van der Waals surface area contributed by atoms with Crippen molar-refractivity contribution in [2.24, 2.45) is 5.73 Å². The Hall–Kier alpha value is -1.22. The third-order valence-electron chi connectivity index (χ3n) is 2.13. The highest BCUT2D eigenvalue weighted by atomic mass is 35.5. The molecule has 0 aromatic carbocycles. The fourth-order valence-corrected chi connectivity index (χ4v) is 1.68. The van der Waals surface area contributed by atoms with Crippen molar-refractivity contribution in [1.29, 1.82) is 0 Å². The minimum Gasteiger partial charge on any atom is -0.364 e. The molecule has 0 aliphatic heterocycles. The average molecular weight is 197 g/mol. The first kappa shape index (κ1) is 8.38. The summed E-state index contributed by atoms with van der Waals surface area (Å²) in [4.78, 5) is 13.8. The molecule has 13 heavy (non-hydrogen) atoms. The van der Waals surface area contributed by atoms with Crippen LogP contribution in [0.2, 0.25) is 0 Å². The van der Waals surface area contributed by atoms with Crippen LogP contribution in [-0.2, 0) is 6.42 Å². The summed E-state index contributed by atoms with van der Waals surface area (Å²) in [6, 6.07) is 1.74. The van der Waals surface area contributed by atoms with Gasteiger partial charge in [-0.1, -0.05) is 11.6 Å². The summed E-state index contributed by atoms with van der Waals surface area (Å²) in [6.07, 6.45) is 3.54. The number of halogens is 1. The van der Waals surface area contributed by atoms with Crippen LogP contribution in [-0.4, -0.2) is 10.9 Å². The third kappa shape index (κ3) is 1.47. The van der Waals surface area contributed by atoms with Crippen LogP contribution in [0.25, 0.3) is 6.08 Å². The molecular formula is C9H9ClN2O. The quantitative estimate of drug-likeness (QED) is 0.705. The standard InChI is InChI=1S/C9H9ClN2O/c10-6-1-2-7-5(3-6)4-8(12-7)9(11)13/h3-4,12H,1-2H2,(H2,11,13). The van der Waals surface area contributed by atoms with Gasteiger partial charge in [0.25, 0.3) is 5.91 Å². The number of rotatable bonds is 1. The van der Waals surface area contributed by atoms with Gasteiger partial charge in [-0.15, -0.1) is 0 Å². The molecule has 1 amide bonds. The maximum atomic E-state index is 10.8. The number of aromatic amines is 1. The van der Waals surface area contributed by atoms with E-state index in [0.717, 1.165) is 29.1 Å². The van der Waals surface area contributed by atoms with Crippen molar-refractivity contribution in [3.8, 4) is 0 Å². The molecule has 3 nitrogen and oxygen atoms in total. The number of carbonyl (C=O) groups is 1. The first-order chi connectivity index (χ1) is 6.16. The number of aryl methyl sites for hydroxylation is 1. The molecule has 1 heterocycles. The molecule has 68 valence electrons. The summed E-state index contributed by atoms with van der Waals surface area (Å²) in [5.74, 6) is -0.432. The predicted octanol–water partition coefficient (Wildman–Crippen LogP) is 1.64. The molecule has 2 rings (SSSR count). The van der Waals surface area contributed by atoms with Crippen molar-refractivity contribution in [1.82, 2.24) is 4.98 Å². The zero-order chi connectivity index (χ0) is 9.42. The number of carbonyl (C=O) groups excluding carboxylic acids is 1. The van der Waals surface area contributed by atoms with E-state index in [4.69, 9.17) is 17.3 Å². The third-order valence-corrected chi connectivity index (χ3v) is 2.42. The van der Waals surface area contributed by atoms with E-state index >= 15 is 0 Å². The largest absolute Gasteiger partial charge is 0.364 e. The Morgan fingerprint density at radius 3 is 3.00 bits per heavy atom. The molecule has 0 saturated heterocycles. The number of amides is 1. The van der Waals surface area contributed by atoms with Crippen LogP contribution in [0.15, 0.2) is 11.1 Å². The Kier molecular flexibility index (Phi) is 1.88. The second-order valence-corrected chi connectivity index (χ2v) is 3.56. The second-order valence-electron chi connectivity index (χ2n) is 3.07. The number of hydrogen-bond donors (Lipinski definition) is 2. The van der Waals surface area contributed by atoms with Crippen LogP contribution >= 0.6 is 11.6 Å². The zero-order valence-electron chi connectivity index (χ0n) is 6.93. The van der Waals surface area contributed by atoms with Crippen LogP contribution in [0, 0.1) is 0 Å². The van der Waals surface area contributed by atoms with E-state index in [1.165, 1.54) is 0 Å². The van der Waals surface area contributed by atoms with E-state index in [-0.39, 0.29) is 0 Å². The maximum absolute atomic E-state index is 10.8. The summed E-state index contributed by atoms with van der Waals surface area (Å²) in [7, 11) is 0. The summed E-state index contributed by atoms with van der Waals surface area (Å²) in [6.45, 7) is 0. The number of primary amides is 1. The lowest BCUT2D eigenvalue weighted by Gasteiger charge is -2.06. The Bertz CT molecular complexity index is 392. The molecule has 1 aliphatic rings. The lowest BCUT2D eigenvalue weighted by molar-refractivity contribution is 0.0996. The van der Waals surface area contributed by atoms with Gasteiger partial charge in [0.05, 0.1) is 0 Å². The second kappa shape index (κ2) is 2.92. The van der Waals surface area contributed by atoms with Crippen LogP contribution in [0.4, 0.5) is 0 Å². The van der Waals surface area contributed by atoms with E-state index < -0.39 is 5.91 Å². The highest BCUT2D eigenvalue weighted by Gasteiger charge is 2.14. The lowest BCUT2D eigenvalue weighted by Crippen LogP contribution is -2.11. The minimum absolute atomic E-state index is 0.432. The van der Waals surface area contributed by atoms with Gasteiger partial charge in [0.2, 0.25) is 0 Å². The molecule has 0 unspecified atom stereocenters. The molecule has 0 atom stereocenters. The number of nitrogens with one attached hydrogen (secondary N) is 1. The molecule has 0 fully saturated rings. The van der Waals surface area contributed by atoms with E-state index in [2.05, 4.69) is 4.98 Å². The zero-order valence-corrected chi connectivity index (χ0v) is 7.69. The van der Waals surface area contributed by atoms with E-state index in [1.807, 2.05) is 6.08 Å². The maximum Gasteiger partial charge on any atom is 0.265 e. The van der Waals surface area contributed by atoms with Gasteiger partial charge in [-0.05, 0) is 30.5 Å². The molecule has 0 bridgehead atoms. The number of nitrogens with two attached hydrogens (primary N) is 1. The van der Waals surface area contributed by atoms with Crippen molar-refractivity contribution in [3.63, 3.8) is 0 Å². The first-order valence-electron chi connectivity index (χ1n) is 4.04. The number of H-pyrrole nitrogens is 1. The summed E-state index contributed by atoms with van der Waals surface area (Å²) >= 11 is 5.86. The van der Waals surface area contributed by atoms with Gasteiger partial charge in [-0.25, -0.2) is 0 Å². The van der Waals surface area contributed by atoms with Gasteiger partial charge >= 0.3 is 0 Å². The Morgan fingerprint density at radius 2 is 2.31 bits per heavy atom. The Morgan fingerprint density at radius 1 is 1.54 bits per heavy atom. The number of allylic oxidation sites excluding steroid dienone is 1. The van der Waals surface area contributed by atoms with Gasteiger partial charge in [0.15, 0.2) is 0 Å². The van der Waals surface area contributed by atoms with Gasteiger partial charge in [-0.2, -0.15) is 0 Å². The van der Waals surface area contributed by atoms with Crippen LogP contribution in [0.3, 0.4) is 0 Å². The number of hydrogen-bond acceptors (Lipinski definition) is 1. The summed E-state index contributed by atoms with van der Waals surface area (Å²) in [5.41, 5.74) is 7.60. The van der Waals surface area contributed by atoms with Gasteiger partial charge < -0.3 is 10.7 Å². The van der Waals surface area contributed by atoms with Crippen molar-refractivity contribution in [2.75, 3.05) is 0 Å². The molecular weight excluding hydrogens is 188 g/mol.